The molecule has 1 aliphatic heterocycles. The maximum absolute atomic E-state index is 11.6. The summed E-state index contributed by atoms with van der Waals surface area (Å²) < 4.78 is 0.782. The fourth-order valence-electron chi connectivity index (χ4n) is 2.33. The Morgan fingerprint density at radius 3 is 3.05 bits per heavy atom. The Kier molecular flexibility index (Phi) is 4.57. The molecule has 1 aromatic heterocycles. The summed E-state index contributed by atoms with van der Waals surface area (Å²) >= 11 is 3.51. The summed E-state index contributed by atoms with van der Waals surface area (Å²) in [5, 5.41) is 3.16. The molecular weight excluding hydrogens is 310 g/mol. The summed E-state index contributed by atoms with van der Waals surface area (Å²) in [5.41, 5.74) is 5.49. The second-order valence-corrected chi connectivity index (χ2v) is 5.29. The largest absolute Gasteiger partial charge is 0.369 e. The van der Waals surface area contributed by atoms with Gasteiger partial charge in [-0.2, -0.15) is 0 Å². The van der Waals surface area contributed by atoms with E-state index < -0.39 is 0 Å². The molecule has 0 aliphatic carbocycles. The maximum Gasteiger partial charge on any atom is 0.240 e. The number of nitrogens with one attached hydrogen (secondary N) is 1. The van der Waals surface area contributed by atoms with Gasteiger partial charge >= 0.3 is 0 Å². The van der Waals surface area contributed by atoms with Crippen molar-refractivity contribution in [3.05, 3.63) is 10.8 Å². The summed E-state index contributed by atoms with van der Waals surface area (Å²) in [6.45, 7) is 3.56. The van der Waals surface area contributed by atoms with E-state index in [-0.39, 0.29) is 11.9 Å². The molecule has 0 bridgehead atoms. The Hall–Kier alpha value is -1.37. The van der Waals surface area contributed by atoms with E-state index in [1.54, 1.807) is 0 Å². The molecule has 7 heteroatoms. The molecule has 6 nitrogen and oxygen atoms in total. The van der Waals surface area contributed by atoms with Crippen LogP contribution in [0.2, 0.25) is 0 Å². The molecule has 1 unspecified atom stereocenters. The number of carbonyl (C=O) groups is 1. The number of aromatic nitrogens is 2. The van der Waals surface area contributed by atoms with Gasteiger partial charge in [0.1, 0.15) is 28.5 Å². The van der Waals surface area contributed by atoms with Gasteiger partial charge in [0.15, 0.2) is 0 Å². The van der Waals surface area contributed by atoms with E-state index >= 15 is 0 Å². The zero-order valence-corrected chi connectivity index (χ0v) is 12.5. The van der Waals surface area contributed by atoms with E-state index in [9.17, 15) is 4.79 Å². The van der Waals surface area contributed by atoms with Crippen molar-refractivity contribution < 1.29 is 4.79 Å². The lowest BCUT2D eigenvalue weighted by molar-refractivity contribution is -0.119. The number of nitrogens with two attached hydrogens (primary N) is 1. The number of piperidine rings is 1. The molecule has 104 valence electrons. The Bertz CT molecular complexity index is 467. The molecule has 19 heavy (non-hydrogen) atoms. The molecule has 3 N–H and O–H groups in total. The third kappa shape index (κ3) is 2.97. The van der Waals surface area contributed by atoms with Crippen LogP contribution in [0.25, 0.3) is 0 Å². The standard InChI is InChI=1S/C12H18BrN5O/c1-2-15-11-9(13)12(17-7-16-11)18-6-4-3-5-8(18)10(14)19/h7-8H,2-6H2,1H3,(H2,14,19)(H,15,16,17). The van der Waals surface area contributed by atoms with Crippen molar-refractivity contribution in [3.8, 4) is 0 Å². The van der Waals surface area contributed by atoms with Crippen molar-refractivity contribution in [3.63, 3.8) is 0 Å². The van der Waals surface area contributed by atoms with Crippen molar-refractivity contribution in [1.82, 2.24) is 9.97 Å². The monoisotopic (exact) mass is 327 g/mol. The van der Waals surface area contributed by atoms with Gasteiger partial charge in [-0.3, -0.25) is 4.79 Å². The molecule has 1 amide bonds. The predicted octanol–water partition coefficient (Wildman–Crippen LogP) is 1.52. The highest BCUT2D eigenvalue weighted by molar-refractivity contribution is 9.10. The molecule has 1 fully saturated rings. The van der Waals surface area contributed by atoms with Crippen molar-refractivity contribution in [1.29, 1.82) is 0 Å². The molecule has 0 spiro atoms. The van der Waals surface area contributed by atoms with Gasteiger partial charge in [-0.05, 0) is 42.1 Å². The zero-order valence-electron chi connectivity index (χ0n) is 10.9. The number of amides is 1. The second kappa shape index (κ2) is 6.18. The highest BCUT2D eigenvalue weighted by Crippen LogP contribution is 2.33. The van der Waals surface area contributed by atoms with E-state index in [0.717, 1.165) is 48.5 Å². The van der Waals surface area contributed by atoms with Crippen molar-refractivity contribution in [2.45, 2.75) is 32.2 Å². The molecule has 1 aliphatic rings. The third-order valence-electron chi connectivity index (χ3n) is 3.22. The van der Waals surface area contributed by atoms with Crippen LogP contribution in [0.15, 0.2) is 10.8 Å². The van der Waals surface area contributed by atoms with E-state index in [0.29, 0.717) is 0 Å². The van der Waals surface area contributed by atoms with Gasteiger partial charge in [-0.15, -0.1) is 0 Å². The highest BCUT2D eigenvalue weighted by Gasteiger charge is 2.29. The number of halogens is 1. The first kappa shape index (κ1) is 14.0. The smallest absolute Gasteiger partial charge is 0.240 e. The zero-order chi connectivity index (χ0) is 13.8. The fraction of sp³-hybridized carbons (Fsp3) is 0.583. The van der Waals surface area contributed by atoms with Crippen LogP contribution in [0.5, 0.6) is 0 Å². The Morgan fingerprint density at radius 1 is 1.58 bits per heavy atom. The first-order valence-corrected chi connectivity index (χ1v) is 7.24. The number of anilines is 2. The van der Waals surface area contributed by atoms with Crippen molar-refractivity contribution in [2.75, 3.05) is 23.3 Å². The lowest BCUT2D eigenvalue weighted by Gasteiger charge is -2.35. The Balaban J connectivity index is 2.33. The average molecular weight is 328 g/mol. The third-order valence-corrected chi connectivity index (χ3v) is 3.95. The van der Waals surface area contributed by atoms with Gasteiger partial charge in [0.25, 0.3) is 0 Å². The molecule has 2 rings (SSSR count). The van der Waals surface area contributed by atoms with Crippen LogP contribution in [0.4, 0.5) is 11.6 Å². The number of hydrogen-bond donors (Lipinski definition) is 2. The van der Waals surface area contributed by atoms with E-state index in [1.807, 2.05) is 11.8 Å². The predicted molar refractivity (Wildman–Crippen MR) is 78.1 cm³/mol. The summed E-state index contributed by atoms with van der Waals surface area (Å²) in [7, 11) is 0. The summed E-state index contributed by atoms with van der Waals surface area (Å²) in [5.74, 6) is 1.17. The van der Waals surface area contributed by atoms with Crippen molar-refractivity contribution in [2.24, 2.45) is 5.73 Å². The minimum Gasteiger partial charge on any atom is -0.369 e. The lowest BCUT2D eigenvalue weighted by Crippen LogP contribution is -2.48. The minimum absolute atomic E-state index is 0.283. The summed E-state index contributed by atoms with van der Waals surface area (Å²) in [6.07, 6.45) is 4.34. The SMILES string of the molecule is CCNc1ncnc(N2CCCCC2C(N)=O)c1Br. The molecule has 1 atom stereocenters. The van der Waals surface area contributed by atoms with Gasteiger partial charge < -0.3 is 16.0 Å². The molecule has 1 saturated heterocycles. The normalized spacial score (nSPS) is 19.3. The van der Waals surface area contributed by atoms with E-state index in [4.69, 9.17) is 5.73 Å². The van der Waals surface area contributed by atoms with Crippen LogP contribution in [-0.2, 0) is 4.79 Å². The fourth-order valence-corrected chi connectivity index (χ4v) is 2.91. The number of primary amides is 1. The number of hydrogen-bond acceptors (Lipinski definition) is 5. The maximum atomic E-state index is 11.6. The second-order valence-electron chi connectivity index (χ2n) is 4.50. The molecular formula is C12H18BrN5O. The van der Waals surface area contributed by atoms with Gasteiger partial charge in [-0.25, -0.2) is 9.97 Å². The Labute approximate surface area is 120 Å². The summed E-state index contributed by atoms with van der Waals surface area (Å²) in [4.78, 5) is 22.0. The topological polar surface area (TPSA) is 84.1 Å². The minimum atomic E-state index is -0.296. The van der Waals surface area contributed by atoms with Crippen LogP contribution >= 0.6 is 15.9 Å². The highest BCUT2D eigenvalue weighted by atomic mass is 79.9. The van der Waals surface area contributed by atoms with E-state index in [2.05, 4.69) is 31.2 Å². The molecule has 0 saturated carbocycles. The van der Waals surface area contributed by atoms with Crippen LogP contribution < -0.4 is 16.0 Å². The van der Waals surface area contributed by atoms with Gasteiger partial charge in [0.05, 0.1) is 0 Å². The molecule has 1 aromatic rings. The number of carbonyl (C=O) groups excluding carboxylic acids is 1. The molecule has 0 radical (unpaired) electrons. The quantitative estimate of drug-likeness (QED) is 0.875. The first-order valence-electron chi connectivity index (χ1n) is 6.45. The Morgan fingerprint density at radius 2 is 2.37 bits per heavy atom. The van der Waals surface area contributed by atoms with Crippen LogP contribution in [0.3, 0.4) is 0 Å². The van der Waals surface area contributed by atoms with Gasteiger partial charge in [0.2, 0.25) is 5.91 Å². The van der Waals surface area contributed by atoms with E-state index in [1.165, 1.54) is 6.33 Å². The first-order chi connectivity index (χ1) is 9.15. The van der Waals surface area contributed by atoms with Crippen LogP contribution in [0, 0.1) is 0 Å². The average Bonchev–Trinajstić information content (AvgIpc) is 2.41. The van der Waals surface area contributed by atoms with Gasteiger partial charge in [-0.1, -0.05) is 0 Å². The van der Waals surface area contributed by atoms with Crippen molar-refractivity contribution >= 4 is 33.5 Å². The van der Waals surface area contributed by atoms with Crippen LogP contribution in [0.1, 0.15) is 26.2 Å². The van der Waals surface area contributed by atoms with Gasteiger partial charge in [0, 0.05) is 13.1 Å². The number of nitrogens with zero attached hydrogens (tertiary/aromatic N) is 3. The lowest BCUT2D eigenvalue weighted by atomic mass is 10.0. The summed E-state index contributed by atoms with van der Waals surface area (Å²) in [6, 6.07) is -0.283. The number of rotatable bonds is 4. The molecule has 2 heterocycles. The molecule has 0 aromatic carbocycles. The van der Waals surface area contributed by atoms with Crippen LogP contribution in [-0.4, -0.2) is 35.0 Å².